The predicted octanol–water partition coefficient (Wildman–Crippen LogP) is 3.09. The molecular weight excluding hydrogens is 276 g/mol. The molecule has 1 N–H and O–H groups in total. The molecule has 0 saturated heterocycles. The lowest BCUT2D eigenvalue weighted by atomic mass is 10.2. The van der Waals surface area contributed by atoms with Gasteiger partial charge in [-0.1, -0.05) is 11.6 Å². The molecule has 0 fully saturated rings. The summed E-state index contributed by atoms with van der Waals surface area (Å²) in [6.07, 6.45) is 1.68. The van der Waals surface area contributed by atoms with Gasteiger partial charge >= 0.3 is 0 Å². The van der Waals surface area contributed by atoms with E-state index in [0.717, 1.165) is 12.1 Å². The number of carbonyl (C=O) groups is 1. The predicted molar refractivity (Wildman–Crippen MR) is 67.2 cm³/mol. The molecule has 1 aromatic heterocycles. The zero-order valence-corrected chi connectivity index (χ0v) is 10.7. The average Bonchev–Trinajstić information content (AvgIpc) is 2.81. The Labute approximate surface area is 113 Å². The van der Waals surface area contributed by atoms with Crippen LogP contribution in [0.1, 0.15) is 17.3 Å². The summed E-state index contributed by atoms with van der Waals surface area (Å²) in [5.41, 5.74) is -0.147. The molecule has 0 bridgehead atoms. The molecule has 0 atom stereocenters. The lowest BCUT2D eigenvalue weighted by molar-refractivity contribution is 0.102. The molecule has 0 saturated carbocycles. The van der Waals surface area contributed by atoms with Crippen molar-refractivity contribution >= 4 is 23.3 Å². The molecule has 0 unspecified atom stereocenters. The number of nitrogens with one attached hydrogen (secondary N) is 1. The van der Waals surface area contributed by atoms with Crippen LogP contribution in [0.15, 0.2) is 24.4 Å². The van der Waals surface area contributed by atoms with Crippen molar-refractivity contribution in [3.63, 3.8) is 0 Å². The molecule has 100 valence electrons. The Morgan fingerprint density at radius 3 is 2.74 bits per heavy atom. The van der Waals surface area contributed by atoms with Crippen LogP contribution in [0.4, 0.5) is 14.6 Å². The molecule has 1 aromatic carbocycles. The van der Waals surface area contributed by atoms with Gasteiger partial charge in [0.2, 0.25) is 0 Å². The number of aromatic nitrogens is 2. The monoisotopic (exact) mass is 285 g/mol. The van der Waals surface area contributed by atoms with Crippen molar-refractivity contribution < 1.29 is 13.6 Å². The molecule has 0 aliphatic carbocycles. The number of rotatable bonds is 3. The fraction of sp³-hybridized carbons (Fsp3) is 0.167. The molecule has 0 spiro atoms. The molecule has 19 heavy (non-hydrogen) atoms. The van der Waals surface area contributed by atoms with E-state index in [4.69, 9.17) is 11.6 Å². The van der Waals surface area contributed by atoms with Gasteiger partial charge in [-0.15, -0.1) is 0 Å². The summed E-state index contributed by atoms with van der Waals surface area (Å²) < 4.78 is 27.6. The second kappa shape index (κ2) is 5.36. The number of aryl methyl sites for hydroxylation is 1. The van der Waals surface area contributed by atoms with Crippen molar-refractivity contribution in [2.24, 2.45) is 0 Å². The van der Waals surface area contributed by atoms with Gasteiger partial charge in [-0.25, -0.2) is 8.78 Å². The van der Waals surface area contributed by atoms with Gasteiger partial charge in [-0.2, -0.15) is 5.10 Å². The second-order valence-corrected chi connectivity index (χ2v) is 4.16. The summed E-state index contributed by atoms with van der Waals surface area (Å²) in [5.74, 6) is -2.57. The van der Waals surface area contributed by atoms with E-state index in [-0.39, 0.29) is 10.6 Å². The minimum absolute atomic E-state index is 0.147. The van der Waals surface area contributed by atoms with Gasteiger partial charge in [0, 0.05) is 18.8 Å². The lowest BCUT2D eigenvalue weighted by Crippen LogP contribution is -2.14. The normalized spacial score (nSPS) is 10.5. The van der Waals surface area contributed by atoms with Crippen LogP contribution in [0.5, 0.6) is 0 Å². The maximum atomic E-state index is 13.1. The molecule has 1 heterocycles. The number of amides is 1. The number of hydrogen-bond donors (Lipinski definition) is 1. The molecule has 1 amide bonds. The van der Waals surface area contributed by atoms with Crippen molar-refractivity contribution in [2.75, 3.05) is 5.32 Å². The molecule has 0 aliphatic heterocycles. The van der Waals surface area contributed by atoms with Crippen LogP contribution in [-0.4, -0.2) is 15.7 Å². The van der Waals surface area contributed by atoms with Crippen LogP contribution >= 0.6 is 11.6 Å². The van der Waals surface area contributed by atoms with E-state index in [2.05, 4.69) is 10.4 Å². The first-order valence-electron chi connectivity index (χ1n) is 5.50. The number of nitrogens with zero attached hydrogens (tertiary/aromatic N) is 2. The van der Waals surface area contributed by atoms with E-state index in [1.54, 1.807) is 16.9 Å². The van der Waals surface area contributed by atoms with Crippen LogP contribution in [0.3, 0.4) is 0 Å². The van der Waals surface area contributed by atoms with Gasteiger partial charge in [-0.05, 0) is 19.1 Å². The highest BCUT2D eigenvalue weighted by molar-refractivity contribution is 6.34. The number of benzene rings is 1. The Hall–Kier alpha value is -1.95. The summed E-state index contributed by atoms with van der Waals surface area (Å²) in [4.78, 5) is 11.9. The number of carbonyl (C=O) groups excluding carboxylic acids is 1. The summed E-state index contributed by atoms with van der Waals surface area (Å²) >= 11 is 5.70. The third-order valence-electron chi connectivity index (χ3n) is 2.46. The third-order valence-corrected chi connectivity index (χ3v) is 2.77. The maximum absolute atomic E-state index is 13.1. The minimum Gasteiger partial charge on any atom is -0.305 e. The van der Waals surface area contributed by atoms with Gasteiger partial charge in [0.1, 0.15) is 0 Å². The number of halogens is 3. The van der Waals surface area contributed by atoms with Crippen LogP contribution in [0.25, 0.3) is 0 Å². The number of anilines is 1. The summed E-state index contributed by atoms with van der Waals surface area (Å²) in [5, 5.41) is 6.33. The van der Waals surface area contributed by atoms with Crippen molar-refractivity contribution in [3.8, 4) is 0 Å². The largest absolute Gasteiger partial charge is 0.305 e. The molecule has 4 nitrogen and oxygen atoms in total. The molecule has 2 rings (SSSR count). The summed E-state index contributed by atoms with van der Waals surface area (Å²) in [6.45, 7) is 2.55. The Kier molecular flexibility index (Phi) is 3.80. The first kappa shape index (κ1) is 13.5. The van der Waals surface area contributed by atoms with E-state index in [9.17, 15) is 13.6 Å². The zero-order chi connectivity index (χ0) is 14.0. The van der Waals surface area contributed by atoms with Crippen molar-refractivity contribution in [1.82, 2.24) is 9.78 Å². The van der Waals surface area contributed by atoms with Gasteiger partial charge in [0.15, 0.2) is 17.5 Å². The fourth-order valence-corrected chi connectivity index (χ4v) is 1.72. The molecular formula is C12H10ClF2N3O. The molecule has 0 radical (unpaired) electrons. The summed E-state index contributed by atoms with van der Waals surface area (Å²) in [7, 11) is 0. The van der Waals surface area contributed by atoms with Gasteiger partial charge in [0.25, 0.3) is 5.91 Å². The highest BCUT2D eigenvalue weighted by atomic mass is 35.5. The topological polar surface area (TPSA) is 46.9 Å². The quantitative estimate of drug-likeness (QED) is 0.881. The van der Waals surface area contributed by atoms with Crippen molar-refractivity contribution in [2.45, 2.75) is 13.5 Å². The van der Waals surface area contributed by atoms with Crippen LogP contribution < -0.4 is 5.32 Å². The van der Waals surface area contributed by atoms with E-state index >= 15 is 0 Å². The smallest absolute Gasteiger partial charge is 0.258 e. The van der Waals surface area contributed by atoms with Crippen LogP contribution in [-0.2, 0) is 6.54 Å². The zero-order valence-electron chi connectivity index (χ0n) is 9.95. The standard InChI is InChI=1S/C12H10ClF2N3O/c1-2-18-4-3-11(17-18)16-12(19)7-5-9(14)10(15)6-8(7)13/h3-6H,2H2,1H3,(H,16,17,19). The fourth-order valence-electron chi connectivity index (χ4n) is 1.48. The van der Waals surface area contributed by atoms with E-state index in [1.807, 2.05) is 6.92 Å². The third kappa shape index (κ3) is 2.90. The highest BCUT2D eigenvalue weighted by Gasteiger charge is 2.15. The average molecular weight is 286 g/mol. The molecule has 0 aliphatic rings. The Bertz CT molecular complexity index is 627. The van der Waals surface area contributed by atoms with Gasteiger partial charge < -0.3 is 5.32 Å². The first-order valence-corrected chi connectivity index (χ1v) is 5.88. The van der Waals surface area contributed by atoms with Crippen LogP contribution in [0, 0.1) is 11.6 Å². The Balaban J connectivity index is 2.22. The summed E-state index contributed by atoms with van der Waals surface area (Å²) in [6, 6.07) is 3.11. The van der Waals surface area contributed by atoms with Crippen molar-refractivity contribution in [3.05, 3.63) is 46.6 Å². The Morgan fingerprint density at radius 1 is 1.42 bits per heavy atom. The molecule has 2 aromatic rings. The second-order valence-electron chi connectivity index (χ2n) is 3.76. The molecule has 7 heteroatoms. The van der Waals surface area contributed by atoms with Gasteiger partial charge in [0.05, 0.1) is 10.6 Å². The van der Waals surface area contributed by atoms with Crippen LogP contribution in [0.2, 0.25) is 5.02 Å². The van der Waals surface area contributed by atoms with E-state index in [1.165, 1.54) is 0 Å². The van der Waals surface area contributed by atoms with E-state index in [0.29, 0.717) is 12.4 Å². The Morgan fingerprint density at radius 2 is 2.11 bits per heavy atom. The first-order chi connectivity index (χ1) is 9.01. The maximum Gasteiger partial charge on any atom is 0.258 e. The SMILES string of the molecule is CCn1ccc(NC(=O)c2cc(F)c(F)cc2Cl)n1. The highest BCUT2D eigenvalue weighted by Crippen LogP contribution is 2.21. The number of hydrogen-bond acceptors (Lipinski definition) is 2. The van der Waals surface area contributed by atoms with E-state index < -0.39 is 17.5 Å². The lowest BCUT2D eigenvalue weighted by Gasteiger charge is -2.05. The minimum atomic E-state index is -1.13. The van der Waals surface area contributed by atoms with Crippen molar-refractivity contribution in [1.29, 1.82) is 0 Å². The van der Waals surface area contributed by atoms with Gasteiger partial charge in [-0.3, -0.25) is 9.48 Å².